The minimum Gasteiger partial charge on any atom is -0.496 e. The van der Waals surface area contributed by atoms with Gasteiger partial charge in [-0.25, -0.2) is 4.79 Å². The van der Waals surface area contributed by atoms with E-state index in [2.05, 4.69) is 38.4 Å². The number of hydrogen-bond acceptors (Lipinski definition) is 6. The number of fused-ring (bicyclic) bond motifs is 1. The van der Waals surface area contributed by atoms with Gasteiger partial charge in [0.05, 0.1) is 24.2 Å². The first-order valence-electron chi connectivity index (χ1n) is 15.3. The van der Waals surface area contributed by atoms with Gasteiger partial charge in [-0.3, -0.25) is 15.1 Å². The van der Waals surface area contributed by atoms with E-state index in [0.717, 1.165) is 78.1 Å². The van der Waals surface area contributed by atoms with Crippen LogP contribution in [0.4, 0.5) is 0 Å². The summed E-state index contributed by atoms with van der Waals surface area (Å²) in [6, 6.07) is 12.9. The average molecular weight is 653 g/mol. The smallest absolute Gasteiger partial charge is 0.328 e. The number of ether oxygens (including phenoxy) is 2. The molecular weight excluding hydrogens is 610 g/mol. The number of benzene rings is 2. The zero-order chi connectivity index (χ0) is 30.7. The van der Waals surface area contributed by atoms with Crippen LogP contribution in [-0.2, 0) is 27.3 Å². The minimum atomic E-state index is -0.667. The number of aromatic nitrogens is 1. The van der Waals surface area contributed by atoms with Crippen LogP contribution in [0.25, 0.3) is 10.9 Å². The Morgan fingerprint density at radius 3 is 2.58 bits per heavy atom. The molecular formula is C33H42BrN5O4. The van der Waals surface area contributed by atoms with Crippen LogP contribution in [0.5, 0.6) is 5.75 Å². The highest BCUT2D eigenvalue weighted by Gasteiger charge is 2.43. The Balaban J connectivity index is 1.35. The van der Waals surface area contributed by atoms with Crippen LogP contribution in [-0.4, -0.2) is 71.0 Å². The van der Waals surface area contributed by atoms with Gasteiger partial charge in [0.1, 0.15) is 17.6 Å². The molecule has 5 rings (SSSR count). The zero-order valence-corrected chi connectivity index (χ0v) is 26.9. The normalized spacial score (nSPS) is 19.6. The highest BCUT2D eigenvalue weighted by Crippen LogP contribution is 2.36. The van der Waals surface area contributed by atoms with Gasteiger partial charge >= 0.3 is 5.97 Å². The van der Waals surface area contributed by atoms with Gasteiger partial charge in [-0.1, -0.05) is 18.2 Å². The van der Waals surface area contributed by atoms with Crippen LogP contribution >= 0.6 is 15.9 Å². The second kappa shape index (κ2) is 13.5. The van der Waals surface area contributed by atoms with Gasteiger partial charge < -0.3 is 24.7 Å². The van der Waals surface area contributed by atoms with Crippen molar-refractivity contribution in [3.05, 3.63) is 63.8 Å². The van der Waals surface area contributed by atoms with Crippen LogP contribution in [0.1, 0.15) is 68.8 Å². The molecule has 2 saturated heterocycles. The summed E-state index contributed by atoms with van der Waals surface area (Å²) >= 11 is 3.56. The lowest BCUT2D eigenvalue weighted by molar-refractivity contribution is -0.152. The standard InChI is InChI=1S/C33H42BrN5O4/c1-4-37-25(18-21-10-11-23(31(35)36)20-28(21)37)14-13-24-8-6-16-38(24)32(40)27-9-7-17-39(27)30(33(41)43-5-2)22-12-15-29(42-3)26(34)19-22/h10-12,15,18-20,24,27,30H,4-9,13-14,16-17H2,1-3H3,(H3,35,36)/t24-,27+,30?/m0/s1. The molecule has 0 aliphatic carbocycles. The van der Waals surface area contributed by atoms with E-state index in [4.69, 9.17) is 20.6 Å². The molecule has 1 unspecified atom stereocenters. The number of nitrogen functional groups attached to an aromatic ring is 1. The Hall–Kier alpha value is -3.37. The fraction of sp³-hybridized carbons (Fsp3) is 0.485. The first-order valence-corrected chi connectivity index (χ1v) is 16.1. The van der Waals surface area contributed by atoms with Gasteiger partial charge in [-0.2, -0.15) is 0 Å². The van der Waals surface area contributed by atoms with Gasteiger partial charge in [0.2, 0.25) is 5.91 Å². The molecule has 9 nitrogen and oxygen atoms in total. The Bertz CT molecular complexity index is 1500. The number of likely N-dealkylation sites (tertiary alicyclic amines) is 2. The van der Waals surface area contributed by atoms with E-state index in [1.165, 1.54) is 5.69 Å². The quantitative estimate of drug-likeness (QED) is 0.163. The number of nitrogens with zero attached hydrogens (tertiary/aromatic N) is 3. The first-order chi connectivity index (χ1) is 20.8. The van der Waals surface area contributed by atoms with E-state index in [-0.39, 0.29) is 36.4 Å². The molecule has 3 heterocycles. The number of carbonyl (C=O) groups excluding carboxylic acids is 2. The Morgan fingerprint density at radius 2 is 1.88 bits per heavy atom. The summed E-state index contributed by atoms with van der Waals surface area (Å²) in [6.45, 7) is 6.43. The maximum absolute atomic E-state index is 14.2. The number of carbonyl (C=O) groups is 2. The lowest BCUT2D eigenvalue weighted by Gasteiger charge is -2.35. The van der Waals surface area contributed by atoms with Gasteiger partial charge in [0.15, 0.2) is 0 Å². The molecule has 0 bridgehead atoms. The summed E-state index contributed by atoms with van der Waals surface area (Å²) in [4.78, 5) is 31.7. The van der Waals surface area contributed by atoms with Crippen molar-refractivity contribution < 1.29 is 19.1 Å². The molecule has 3 aromatic rings. The molecule has 2 aliphatic rings. The second-order valence-corrected chi connectivity index (χ2v) is 12.2. The minimum absolute atomic E-state index is 0.0678. The fourth-order valence-electron chi connectivity index (χ4n) is 6.89. The van der Waals surface area contributed by atoms with E-state index in [1.54, 1.807) is 14.0 Å². The number of amides is 1. The highest BCUT2D eigenvalue weighted by atomic mass is 79.9. The SMILES string of the molecule is CCOC(=O)C(c1ccc(OC)c(Br)c1)N1CCC[C@@H]1C(=O)N1CCC[C@H]1CCc1cc2ccc(C(=N)N)cc2n1CC. The van der Waals surface area contributed by atoms with Crippen molar-refractivity contribution in [3.63, 3.8) is 0 Å². The number of esters is 1. The van der Waals surface area contributed by atoms with E-state index < -0.39 is 6.04 Å². The van der Waals surface area contributed by atoms with E-state index >= 15 is 0 Å². The van der Waals surface area contributed by atoms with Crippen molar-refractivity contribution in [2.75, 3.05) is 26.8 Å². The molecule has 0 spiro atoms. The monoisotopic (exact) mass is 651 g/mol. The van der Waals surface area contributed by atoms with Crippen LogP contribution in [0.2, 0.25) is 0 Å². The lowest BCUT2D eigenvalue weighted by atomic mass is 10.0. The van der Waals surface area contributed by atoms with Crippen molar-refractivity contribution in [1.29, 1.82) is 5.41 Å². The fourth-order valence-corrected chi connectivity index (χ4v) is 7.45. The van der Waals surface area contributed by atoms with Gasteiger partial charge in [0.25, 0.3) is 0 Å². The maximum Gasteiger partial charge on any atom is 0.328 e. The van der Waals surface area contributed by atoms with Crippen molar-refractivity contribution in [1.82, 2.24) is 14.4 Å². The largest absolute Gasteiger partial charge is 0.496 e. The third kappa shape index (κ3) is 6.31. The molecule has 2 fully saturated rings. The van der Waals surface area contributed by atoms with Gasteiger partial charge in [-0.05, 0) is 104 Å². The summed E-state index contributed by atoms with van der Waals surface area (Å²) in [7, 11) is 1.61. The molecule has 3 atom stereocenters. The summed E-state index contributed by atoms with van der Waals surface area (Å²) in [6.07, 6.45) is 5.26. The summed E-state index contributed by atoms with van der Waals surface area (Å²) in [5.74, 6) is 0.529. The van der Waals surface area contributed by atoms with Crippen LogP contribution in [0.3, 0.4) is 0 Å². The Labute approximate surface area is 261 Å². The molecule has 0 radical (unpaired) electrons. The summed E-state index contributed by atoms with van der Waals surface area (Å²) < 4.78 is 14.0. The van der Waals surface area contributed by atoms with Gasteiger partial charge in [-0.15, -0.1) is 0 Å². The predicted octanol–water partition coefficient (Wildman–Crippen LogP) is 5.41. The van der Waals surface area contributed by atoms with Crippen molar-refractivity contribution in [2.45, 2.75) is 77.0 Å². The molecule has 1 aromatic heterocycles. The third-order valence-electron chi connectivity index (χ3n) is 8.92. The number of amidine groups is 1. The number of rotatable bonds is 11. The number of nitrogens with two attached hydrogens (primary N) is 1. The molecule has 230 valence electrons. The Morgan fingerprint density at radius 1 is 1.09 bits per heavy atom. The molecule has 3 N–H and O–H groups in total. The van der Waals surface area contributed by atoms with Crippen LogP contribution in [0, 0.1) is 5.41 Å². The average Bonchev–Trinajstić information content (AvgIpc) is 3.74. The maximum atomic E-state index is 14.2. The van der Waals surface area contributed by atoms with E-state index in [9.17, 15) is 9.59 Å². The molecule has 2 aromatic carbocycles. The van der Waals surface area contributed by atoms with Crippen LogP contribution < -0.4 is 10.5 Å². The lowest BCUT2D eigenvalue weighted by Crippen LogP contribution is -2.50. The molecule has 0 saturated carbocycles. The first kappa shape index (κ1) is 31.1. The van der Waals surface area contributed by atoms with Crippen molar-refractivity contribution in [2.24, 2.45) is 5.73 Å². The van der Waals surface area contributed by atoms with E-state index in [1.807, 2.05) is 41.3 Å². The second-order valence-electron chi connectivity index (χ2n) is 11.4. The van der Waals surface area contributed by atoms with Crippen molar-refractivity contribution in [3.8, 4) is 5.75 Å². The molecule has 1 amide bonds. The number of methoxy groups -OCH3 is 1. The van der Waals surface area contributed by atoms with Gasteiger partial charge in [0, 0.05) is 42.5 Å². The van der Waals surface area contributed by atoms with Crippen molar-refractivity contribution >= 4 is 44.5 Å². The third-order valence-corrected chi connectivity index (χ3v) is 9.54. The van der Waals surface area contributed by atoms with Crippen LogP contribution in [0.15, 0.2) is 46.9 Å². The number of aryl methyl sites for hydroxylation is 2. The summed E-state index contributed by atoms with van der Waals surface area (Å²) in [5.41, 5.74) is 9.57. The zero-order valence-electron chi connectivity index (χ0n) is 25.3. The summed E-state index contributed by atoms with van der Waals surface area (Å²) in [5, 5.41) is 8.96. The highest BCUT2D eigenvalue weighted by molar-refractivity contribution is 9.10. The van der Waals surface area contributed by atoms with E-state index in [0.29, 0.717) is 12.3 Å². The molecule has 43 heavy (non-hydrogen) atoms. The molecule has 10 heteroatoms. The number of hydrogen-bond donors (Lipinski definition) is 2. The topological polar surface area (TPSA) is 114 Å². The number of halogens is 1. The predicted molar refractivity (Wildman–Crippen MR) is 171 cm³/mol. The Kier molecular flexibility index (Phi) is 9.76. The number of nitrogens with one attached hydrogen (secondary N) is 1. The molecule has 2 aliphatic heterocycles.